The third-order valence-electron chi connectivity index (χ3n) is 3.46. The largest absolute Gasteiger partial charge is 0.496 e. The number of likely N-dealkylation sites (tertiary alicyclic amines) is 1. The molecule has 1 unspecified atom stereocenters. The van der Waals surface area contributed by atoms with Crippen molar-refractivity contribution in [3.8, 4) is 5.75 Å². The smallest absolute Gasteiger partial charge is 0.223 e. The molecule has 1 fully saturated rings. The second kappa shape index (κ2) is 5.74. The van der Waals surface area contributed by atoms with Crippen molar-refractivity contribution in [2.24, 2.45) is 5.92 Å². The summed E-state index contributed by atoms with van der Waals surface area (Å²) in [7, 11) is 1.65. The number of nitrogens with zero attached hydrogens (tertiary/aromatic N) is 1. The molecule has 0 radical (unpaired) electrons. The second-order valence-corrected chi connectivity index (χ2v) is 5.58. The van der Waals surface area contributed by atoms with Crippen LogP contribution in [0.1, 0.15) is 25.3 Å². The fraction of sp³-hybridized carbons (Fsp3) is 0.500. The minimum atomic E-state index is 0.272. The summed E-state index contributed by atoms with van der Waals surface area (Å²) in [6.45, 7) is 3.72. The van der Waals surface area contributed by atoms with Crippen molar-refractivity contribution in [2.75, 3.05) is 13.7 Å². The number of carbonyl (C=O) groups is 1. The first-order valence-electron chi connectivity index (χ1n) is 6.24. The first-order chi connectivity index (χ1) is 8.63. The summed E-state index contributed by atoms with van der Waals surface area (Å²) in [5.74, 6) is 1.62. The molecule has 1 heterocycles. The Bertz CT molecular complexity index is 447. The van der Waals surface area contributed by atoms with Crippen LogP contribution in [0.3, 0.4) is 0 Å². The van der Waals surface area contributed by atoms with Gasteiger partial charge in [0.2, 0.25) is 5.91 Å². The Morgan fingerprint density at radius 2 is 2.28 bits per heavy atom. The first-order valence-corrected chi connectivity index (χ1v) is 7.03. The molecular weight excluding hydrogens is 294 g/mol. The van der Waals surface area contributed by atoms with E-state index in [4.69, 9.17) is 4.74 Å². The van der Waals surface area contributed by atoms with Crippen LogP contribution in [-0.4, -0.2) is 24.5 Å². The molecule has 0 saturated carbocycles. The maximum absolute atomic E-state index is 11.8. The van der Waals surface area contributed by atoms with Gasteiger partial charge in [-0.2, -0.15) is 0 Å². The molecule has 1 aromatic rings. The molecule has 4 heteroatoms. The van der Waals surface area contributed by atoms with Crippen LogP contribution in [0.4, 0.5) is 0 Å². The lowest BCUT2D eigenvalue weighted by Crippen LogP contribution is -2.24. The molecule has 2 rings (SSSR count). The van der Waals surface area contributed by atoms with Crippen molar-refractivity contribution in [3.63, 3.8) is 0 Å². The van der Waals surface area contributed by atoms with Crippen molar-refractivity contribution in [3.05, 3.63) is 28.2 Å². The average molecular weight is 312 g/mol. The van der Waals surface area contributed by atoms with Gasteiger partial charge in [0.05, 0.1) is 11.6 Å². The van der Waals surface area contributed by atoms with Crippen LogP contribution >= 0.6 is 15.9 Å². The Morgan fingerprint density at radius 3 is 2.83 bits per heavy atom. The van der Waals surface area contributed by atoms with E-state index in [0.29, 0.717) is 18.9 Å². The van der Waals surface area contributed by atoms with Crippen LogP contribution < -0.4 is 4.74 Å². The van der Waals surface area contributed by atoms with Gasteiger partial charge in [0.25, 0.3) is 0 Å². The van der Waals surface area contributed by atoms with E-state index >= 15 is 0 Å². The molecule has 0 spiro atoms. The van der Waals surface area contributed by atoms with Gasteiger partial charge in [-0.15, -0.1) is 0 Å². The third-order valence-corrected chi connectivity index (χ3v) is 4.08. The molecule has 18 heavy (non-hydrogen) atoms. The van der Waals surface area contributed by atoms with E-state index < -0.39 is 0 Å². The van der Waals surface area contributed by atoms with Crippen LogP contribution in [0.25, 0.3) is 0 Å². The number of halogens is 1. The molecule has 3 nitrogen and oxygen atoms in total. The van der Waals surface area contributed by atoms with Crippen molar-refractivity contribution in [2.45, 2.75) is 26.3 Å². The van der Waals surface area contributed by atoms with Gasteiger partial charge in [-0.05, 0) is 39.5 Å². The molecule has 98 valence electrons. The highest BCUT2D eigenvalue weighted by atomic mass is 79.9. The Kier molecular flexibility index (Phi) is 4.27. The normalized spacial score (nSPS) is 19.4. The number of hydrogen-bond acceptors (Lipinski definition) is 2. The van der Waals surface area contributed by atoms with Gasteiger partial charge in [0.15, 0.2) is 0 Å². The Hall–Kier alpha value is -1.03. The van der Waals surface area contributed by atoms with Crippen LogP contribution in [0, 0.1) is 5.92 Å². The van der Waals surface area contributed by atoms with E-state index in [9.17, 15) is 4.79 Å². The molecule has 1 aliphatic heterocycles. The predicted molar refractivity (Wildman–Crippen MR) is 74.5 cm³/mol. The number of methoxy groups -OCH3 is 1. The van der Waals surface area contributed by atoms with Gasteiger partial charge in [-0.25, -0.2) is 0 Å². The minimum Gasteiger partial charge on any atom is -0.496 e. The summed E-state index contributed by atoms with van der Waals surface area (Å²) in [6.07, 6.45) is 1.78. The lowest BCUT2D eigenvalue weighted by molar-refractivity contribution is -0.128. The van der Waals surface area contributed by atoms with E-state index in [-0.39, 0.29) is 5.91 Å². The number of amides is 1. The van der Waals surface area contributed by atoms with Crippen LogP contribution in [0.5, 0.6) is 5.75 Å². The van der Waals surface area contributed by atoms with Crippen LogP contribution in [0.15, 0.2) is 22.7 Å². The molecule has 0 N–H and O–H groups in total. The fourth-order valence-electron chi connectivity index (χ4n) is 2.31. The number of rotatable bonds is 4. The highest BCUT2D eigenvalue weighted by Gasteiger charge is 2.28. The quantitative estimate of drug-likeness (QED) is 0.854. The lowest BCUT2D eigenvalue weighted by atomic mass is 10.1. The Morgan fingerprint density at radius 1 is 1.50 bits per heavy atom. The summed E-state index contributed by atoms with van der Waals surface area (Å²) >= 11 is 3.47. The summed E-state index contributed by atoms with van der Waals surface area (Å²) < 4.78 is 6.13. The van der Waals surface area contributed by atoms with Gasteiger partial charge in [0, 0.05) is 19.5 Å². The van der Waals surface area contributed by atoms with Crippen molar-refractivity contribution in [1.29, 1.82) is 0 Å². The summed E-state index contributed by atoms with van der Waals surface area (Å²) in [5, 5.41) is 0. The maximum Gasteiger partial charge on any atom is 0.223 e. The summed E-state index contributed by atoms with van der Waals surface area (Å²) in [6, 6.07) is 5.96. The SMILES string of the molecule is CCC1CC(=O)N(Cc2ccc(OC)c(Br)c2)C1. The minimum absolute atomic E-state index is 0.272. The predicted octanol–water partition coefficient (Wildman–Crippen LogP) is 3.22. The molecule has 0 bridgehead atoms. The monoisotopic (exact) mass is 311 g/mol. The average Bonchev–Trinajstić information content (AvgIpc) is 2.70. The Labute approximate surface area is 116 Å². The maximum atomic E-state index is 11.8. The van der Waals surface area contributed by atoms with Gasteiger partial charge >= 0.3 is 0 Å². The van der Waals surface area contributed by atoms with Crippen molar-refractivity contribution >= 4 is 21.8 Å². The molecule has 1 aromatic carbocycles. The zero-order valence-electron chi connectivity index (χ0n) is 10.8. The molecule has 1 aliphatic rings. The Balaban J connectivity index is 2.06. The van der Waals surface area contributed by atoms with Gasteiger partial charge in [-0.3, -0.25) is 4.79 Å². The number of ether oxygens (including phenoxy) is 1. The molecule has 0 aromatic heterocycles. The summed E-state index contributed by atoms with van der Waals surface area (Å²) in [4.78, 5) is 13.8. The van der Waals surface area contributed by atoms with E-state index in [1.807, 2.05) is 23.1 Å². The molecular formula is C14H18BrNO2. The van der Waals surface area contributed by atoms with Crippen LogP contribution in [0.2, 0.25) is 0 Å². The van der Waals surface area contributed by atoms with Crippen molar-refractivity contribution < 1.29 is 9.53 Å². The molecule has 1 atom stereocenters. The highest BCUT2D eigenvalue weighted by molar-refractivity contribution is 9.10. The van der Waals surface area contributed by atoms with Gasteiger partial charge < -0.3 is 9.64 Å². The molecule has 1 amide bonds. The van der Waals surface area contributed by atoms with Crippen molar-refractivity contribution in [1.82, 2.24) is 4.90 Å². The number of carbonyl (C=O) groups excluding carboxylic acids is 1. The zero-order chi connectivity index (χ0) is 13.1. The zero-order valence-corrected chi connectivity index (χ0v) is 12.4. The second-order valence-electron chi connectivity index (χ2n) is 4.72. The fourth-order valence-corrected chi connectivity index (χ4v) is 2.90. The topological polar surface area (TPSA) is 29.5 Å². The number of benzene rings is 1. The van der Waals surface area contributed by atoms with E-state index in [0.717, 1.165) is 28.8 Å². The van der Waals surface area contributed by atoms with E-state index in [1.54, 1.807) is 7.11 Å². The standard InChI is InChI=1S/C14H18BrNO2/c1-3-10-7-14(17)16(8-10)9-11-4-5-13(18-2)12(15)6-11/h4-6,10H,3,7-9H2,1-2H3. The third kappa shape index (κ3) is 2.86. The number of hydrogen-bond donors (Lipinski definition) is 0. The lowest BCUT2D eigenvalue weighted by Gasteiger charge is -2.17. The van der Waals surface area contributed by atoms with E-state index in [1.165, 1.54) is 0 Å². The van der Waals surface area contributed by atoms with Gasteiger partial charge in [0.1, 0.15) is 5.75 Å². The summed E-state index contributed by atoms with van der Waals surface area (Å²) in [5.41, 5.74) is 1.13. The first kappa shape index (κ1) is 13.4. The molecule has 0 aliphatic carbocycles. The van der Waals surface area contributed by atoms with E-state index in [2.05, 4.69) is 22.9 Å². The van der Waals surface area contributed by atoms with Gasteiger partial charge in [-0.1, -0.05) is 19.4 Å². The molecule has 1 saturated heterocycles. The highest BCUT2D eigenvalue weighted by Crippen LogP contribution is 2.28. The van der Waals surface area contributed by atoms with Crippen LogP contribution in [-0.2, 0) is 11.3 Å².